The molecule has 1 N–H and O–H groups in total. The molecule has 1 aromatic heterocycles. The second kappa shape index (κ2) is 11.0. The monoisotopic (exact) mass is 454 g/mol. The third-order valence-electron chi connectivity index (χ3n) is 5.42. The zero-order valence-electron chi connectivity index (χ0n) is 18.9. The number of carbonyl (C=O) groups is 2. The summed E-state index contributed by atoms with van der Waals surface area (Å²) in [6.45, 7) is 0.756. The van der Waals surface area contributed by atoms with Crippen LogP contribution in [0.25, 0.3) is 0 Å². The van der Waals surface area contributed by atoms with E-state index in [9.17, 15) is 9.59 Å². The minimum Gasteiger partial charge on any atom is -0.497 e. The lowest BCUT2D eigenvalue weighted by molar-refractivity contribution is -0.120. The molecule has 0 bridgehead atoms. The molecule has 0 radical (unpaired) electrons. The molecule has 3 aromatic carbocycles. The van der Waals surface area contributed by atoms with Gasteiger partial charge in [-0.3, -0.25) is 9.59 Å². The maximum absolute atomic E-state index is 13.4. The maximum Gasteiger partial charge on any atom is 0.258 e. The number of rotatable bonds is 9. The first-order valence-electron chi connectivity index (χ1n) is 11.0. The van der Waals surface area contributed by atoms with Crippen LogP contribution in [0, 0.1) is 0 Å². The summed E-state index contributed by atoms with van der Waals surface area (Å²) in [6.07, 6.45) is 1.82. The Balaban J connectivity index is 1.49. The predicted molar refractivity (Wildman–Crippen MR) is 131 cm³/mol. The van der Waals surface area contributed by atoms with Gasteiger partial charge in [-0.05, 0) is 59.7 Å². The number of methoxy groups -OCH3 is 1. The van der Waals surface area contributed by atoms with E-state index in [0.717, 1.165) is 22.6 Å². The lowest BCUT2D eigenvalue weighted by Crippen LogP contribution is -2.30. The van der Waals surface area contributed by atoms with Gasteiger partial charge in [-0.15, -0.1) is 0 Å². The molecule has 6 heteroatoms. The van der Waals surface area contributed by atoms with Crippen molar-refractivity contribution in [2.45, 2.75) is 19.5 Å². The summed E-state index contributed by atoms with van der Waals surface area (Å²) >= 11 is 0. The third kappa shape index (κ3) is 5.92. The van der Waals surface area contributed by atoms with Crippen LogP contribution < -0.4 is 15.0 Å². The number of nitrogens with zero attached hydrogens (tertiary/aromatic N) is 1. The molecule has 6 nitrogen and oxygen atoms in total. The molecule has 172 valence electrons. The molecule has 1 heterocycles. The van der Waals surface area contributed by atoms with Crippen LogP contribution in [0.5, 0.6) is 5.75 Å². The molecule has 0 fully saturated rings. The highest BCUT2D eigenvalue weighted by Gasteiger charge is 2.18. The van der Waals surface area contributed by atoms with Crippen molar-refractivity contribution in [2.75, 3.05) is 12.0 Å². The van der Waals surface area contributed by atoms with Crippen molar-refractivity contribution >= 4 is 17.5 Å². The van der Waals surface area contributed by atoms with Crippen molar-refractivity contribution in [3.05, 3.63) is 120 Å². The number of nitrogens with one attached hydrogen (secondary N) is 1. The Morgan fingerprint density at radius 1 is 0.853 bits per heavy atom. The minimum absolute atomic E-state index is 0.0969. The van der Waals surface area contributed by atoms with Crippen LogP contribution in [0.4, 0.5) is 5.69 Å². The second-order valence-electron chi connectivity index (χ2n) is 7.80. The Hall–Kier alpha value is -4.32. The van der Waals surface area contributed by atoms with Crippen LogP contribution in [0.2, 0.25) is 0 Å². The van der Waals surface area contributed by atoms with Crippen molar-refractivity contribution in [3.63, 3.8) is 0 Å². The number of furan rings is 1. The highest BCUT2D eigenvalue weighted by atomic mass is 16.5. The largest absolute Gasteiger partial charge is 0.497 e. The fourth-order valence-corrected chi connectivity index (χ4v) is 3.57. The topological polar surface area (TPSA) is 71.8 Å². The van der Waals surface area contributed by atoms with Crippen LogP contribution in [-0.2, 0) is 24.3 Å². The Morgan fingerprint density at radius 3 is 2.21 bits per heavy atom. The maximum atomic E-state index is 13.4. The highest BCUT2D eigenvalue weighted by Crippen LogP contribution is 2.22. The summed E-state index contributed by atoms with van der Waals surface area (Å²) in [5.74, 6) is 1.27. The Labute approximate surface area is 198 Å². The van der Waals surface area contributed by atoms with Gasteiger partial charge in [-0.25, -0.2) is 0 Å². The fraction of sp³-hybridized carbons (Fsp3) is 0.143. The predicted octanol–water partition coefficient (Wildman–Crippen LogP) is 4.99. The average molecular weight is 455 g/mol. The zero-order chi connectivity index (χ0) is 23.8. The molecular weight excluding hydrogens is 428 g/mol. The van der Waals surface area contributed by atoms with Crippen LogP contribution >= 0.6 is 0 Å². The molecule has 0 aliphatic rings. The molecule has 0 saturated heterocycles. The Morgan fingerprint density at radius 2 is 1.56 bits per heavy atom. The summed E-state index contributed by atoms with van der Waals surface area (Å²) in [7, 11) is 1.62. The lowest BCUT2D eigenvalue weighted by atomic mass is 10.1. The van der Waals surface area contributed by atoms with Gasteiger partial charge in [-0.1, -0.05) is 42.5 Å². The first-order chi connectivity index (χ1) is 16.6. The summed E-state index contributed by atoms with van der Waals surface area (Å²) in [4.78, 5) is 27.4. The Kier molecular flexibility index (Phi) is 7.40. The van der Waals surface area contributed by atoms with Gasteiger partial charge in [0.25, 0.3) is 5.91 Å². The van der Waals surface area contributed by atoms with E-state index in [0.29, 0.717) is 24.4 Å². The first-order valence-corrected chi connectivity index (χ1v) is 11.0. The molecule has 0 atom stereocenters. The van der Waals surface area contributed by atoms with Crippen LogP contribution in [0.1, 0.15) is 27.2 Å². The second-order valence-corrected chi connectivity index (χ2v) is 7.80. The number of anilines is 1. The molecule has 0 unspecified atom stereocenters. The summed E-state index contributed by atoms with van der Waals surface area (Å²) in [6, 6.07) is 28.0. The number of carbonyl (C=O) groups excluding carboxylic acids is 2. The summed E-state index contributed by atoms with van der Waals surface area (Å²) in [5.41, 5.74) is 3.20. The van der Waals surface area contributed by atoms with Crippen molar-refractivity contribution in [1.29, 1.82) is 0 Å². The molecule has 0 aliphatic heterocycles. The number of benzene rings is 3. The number of amides is 2. The molecule has 4 aromatic rings. The summed E-state index contributed by atoms with van der Waals surface area (Å²) < 4.78 is 10.5. The van der Waals surface area contributed by atoms with Crippen LogP contribution in [-0.4, -0.2) is 18.9 Å². The third-order valence-corrected chi connectivity index (χ3v) is 5.42. The number of ether oxygens (including phenoxy) is 1. The van der Waals surface area contributed by atoms with Gasteiger partial charge in [0.05, 0.1) is 32.9 Å². The Bertz CT molecular complexity index is 1200. The van der Waals surface area contributed by atoms with Crippen molar-refractivity contribution in [3.8, 4) is 5.75 Å². The molecule has 0 saturated carbocycles. The smallest absolute Gasteiger partial charge is 0.258 e. The molecule has 4 rings (SSSR count). The summed E-state index contributed by atoms with van der Waals surface area (Å²) in [5, 5.41) is 2.85. The first kappa shape index (κ1) is 22.9. The molecule has 0 spiro atoms. The van der Waals surface area contributed by atoms with Crippen molar-refractivity contribution < 1.29 is 18.7 Å². The van der Waals surface area contributed by atoms with Gasteiger partial charge < -0.3 is 19.4 Å². The fourth-order valence-electron chi connectivity index (χ4n) is 3.57. The van der Waals surface area contributed by atoms with E-state index in [-0.39, 0.29) is 18.2 Å². The molecule has 0 aliphatic carbocycles. The van der Waals surface area contributed by atoms with E-state index < -0.39 is 0 Å². The molecule has 2 amide bonds. The van der Waals surface area contributed by atoms with Gasteiger partial charge in [-0.2, -0.15) is 0 Å². The van der Waals surface area contributed by atoms with Crippen molar-refractivity contribution in [2.24, 2.45) is 0 Å². The lowest BCUT2D eigenvalue weighted by Gasteiger charge is -2.23. The SMILES string of the molecule is COc1ccc(CN(C(=O)c2ccccc2)c2ccc(CC(=O)NCc3ccco3)cc2)cc1. The van der Waals surface area contributed by atoms with Crippen molar-refractivity contribution in [1.82, 2.24) is 5.32 Å². The van der Waals surface area contributed by atoms with Gasteiger partial charge in [0, 0.05) is 11.3 Å². The highest BCUT2D eigenvalue weighted by molar-refractivity contribution is 6.06. The quantitative estimate of drug-likeness (QED) is 0.387. The van der Waals surface area contributed by atoms with Gasteiger partial charge in [0.15, 0.2) is 0 Å². The van der Waals surface area contributed by atoms with E-state index in [1.54, 1.807) is 36.5 Å². The molecular formula is C28H26N2O4. The van der Waals surface area contributed by atoms with E-state index in [2.05, 4.69) is 5.32 Å². The number of hydrogen-bond donors (Lipinski definition) is 1. The number of hydrogen-bond acceptors (Lipinski definition) is 4. The van der Waals surface area contributed by atoms with Gasteiger partial charge in [0.1, 0.15) is 11.5 Å². The van der Waals surface area contributed by atoms with E-state index in [1.165, 1.54) is 0 Å². The average Bonchev–Trinajstić information content (AvgIpc) is 3.41. The normalized spacial score (nSPS) is 10.5. The standard InChI is InChI=1S/C28H26N2O4/c1-33-25-15-11-22(12-16-25)20-30(28(32)23-6-3-2-4-7-23)24-13-9-21(10-14-24)18-27(31)29-19-26-8-5-17-34-26/h2-17H,18-20H2,1H3,(H,29,31). The van der Waals surface area contributed by atoms with Gasteiger partial charge in [0.2, 0.25) is 5.91 Å². The zero-order valence-corrected chi connectivity index (χ0v) is 18.9. The van der Waals surface area contributed by atoms with Gasteiger partial charge >= 0.3 is 0 Å². The minimum atomic E-state index is -0.0976. The molecule has 34 heavy (non-hydrogen) atoms. The van der Waals surface area contributed by atoms with E-state index in [1.807, 2.05) is 72.8 Å². The van der Waals surface area contributed by atoms with Crippen LogP contribution in [0.15, 0.2) is 102 Å². The van der Waals surface area contributed by atoms with E-state index in [4.69, 9.17) is 9.15 Å². The van der Waals surface area contributed by atoms with E-state index >= 15 is 0 Å². The van der Waals surface area contributed by atoms with Crippen LogP contribution in [0.3, 0.4) is 0 Å².